The summed E-state index contributed by atoms with van der Waals surface area (Å²) in [6, 6.07) is 55.1. The Hall–Kier alpha value is -7.02. The van der Waals surface area contributed by atoms with Gasteiger partial charge in [0.1, 0.15) is 0 Å². The van der Waals surface area contributed by atoms with E-state index in [0.717, 1.165) is 12.8 Å². The van der Waals surface area contributed by atoms with Crippen LogP contribution in [-0.4, -0.2) is 0 Å². The molecule has 0 saturated heterocycles. The Balaban J connectivity index is 1.19. The summed E-state index contributed by atoms with van der Waals surface area (Å²) in [6.07, 6.45) is 17.3. The summed E-state index contributed by atoms with van der Waals surface area (Å²) in [7, 11) is 0. The van der Waals surface area contributed by atoms with Gasteiger partial charge in [0.25, 0.3) is 0 Å². The zero-order chi connectivity index (χ0) is 44.6. The van der Waals surface area contributed by atoms with Gasteiger partial charge in [-0.1, -0.05) is 217 Å². The molecule has 0 radical (unpaired) electrons. The average Bonchev–Trinajstić information content (AvgIpc) is 3.84. The molecule has 8 aromatic rings. The molecular formula is C66H54. The number of allylic oxidation sites excluding steroid dienone is 12. The van der Waals surface area contributed by atoms with Crippen molar-refractivity contribution < 1.29 is 0 Å². The van der Waals surface area contributed by atoms with Gasteiger partial charge in [0.15, 0.2) is 0 Å². The first kappa shape index (κ1) is 39.4. The van der Waals surface area contributed by atoms with Gasteiger partial charge in [0.05, 0.1) is 0 Å². The quantitative estimate of drug-likeness (QED) is 0.155. The molecule has 0 N–H and O–H groups in total. The maximum Gasteiger partial charge on any atom is 0.0212 e. The molecular weight excluding hydrogens is 793 g/mol. The fourth-order valence-electron chi connectivity index (χ4n) is 13.0. The molecule has 0 heterocycles. The van der Waals surface area contributed by atoms with E-state index in [9.17, 15) is 0 Å². The van der Waals surface area contributed by atoms with E-state index in [2.05, 4.69) is 224 Å². The summed E-state index contributed by atoms with van der Waals surface area (Å²) in [6.45, 7) is 14.4. The fourth-order valence-corrected chi connectivity index (χ4v) is 13.0. The van der Waals surface area contributed by atoms with Crippen molar-refractivity contribution in [3.8, 4) is 33.4 Å². The SMILES string of the molecule is CC(C)(C)C1=C(c2c3c(c(-c4ccccc4)c4ccccc24)C2=CC=C4c5c(c(-c6ccccc6)c6cc7ccccc7cc6c5-c5ccccc5C(C)(C)C)C5=CC=C3C2C54)C=CCC1. The van der Waals surface area contributed by atoms with Gasteiger partial charge in [-0.2, -0.15) is 0 Å². The summed E-state index contributed by atoms with van der Waals surface area (Å²) < 4.78 is 0. The molecule has 0 aromatic heterocycles. The minimum Gasteiger partial charge on any atom is -0.0836 e. The molecule has 5 aliphatic rings. The highest BCUT2D eigenvalue weighted by Gasteiger charge is 2.51. The van der Waals surface area contributed by atoms with Crippen LogP contribution >= 0.6 is 0 Å². The van der Waals surface area contributed by atoms with Gasteiger partial charge in [0, 0.05) is 11.8 Å². The maximum absolute atomic E-state index is 2.56. The van der Waals surface area contributed by atoms with Crippen molar-refractivity contribution in [1.29, 1.82) is 0 Å². The Morgan fingerprint density at radius 1 is 0.394 bits per heavy atom. The smallest absolute Gasteiger partial charge is 0.0212 e. The molecule has 318 valence electrons. The van der Waals surface area contributed by atoms with Crippen molar-refractivity contribution in [2.24, 2.45) is 17.3 Å². The van der Waals surface area contributed by atoms with E-state index in [0.29, 0.717) is 0 Å². The Morgan fingerprint density at radius 2 is 0.833 bits per heavy atom. The minimum absolute atomic E-state index is 0.0348. The molecule has 0 nitrogen and oxygen atoms in total. The third kappa shape index (κ3) is 5.57. The molecule has 2 atom stereocenters. The van der Waals surface area contributed by atoms with Crippen molar-refractivity contribution in [1.82, 2.24) is 0 Å². The average molecular weight is 847 g/mol. The van der Waals surface area contributed by atoms with E-state index in [4.69, 9.17) is 0 Å². The lowest BCUT2D eigenvalue weighted by Gasteiger charge is -2.32. The molecule has 0 amide bonds. The monoisotopic (exact) mass is 846 g/mol. The molecule has 0 heteroatoms. The summed E-state index contributed by atoms with van der Waals surface area (Å²) in [5.74, 6) is 0.340. The van der Waals surface area contributed by atoms with Crippen LogP contribution in [0.5, 0.6) is 0 Å². The van der Waals surface area contributed by atoms with E-state index < -0.39 is 0 Å². The third-order valence-electron chi connectivity index (χ3n) is 15.6. The normalized spacial score (nSPS) is 18.3. The van der Waals surface area contributed by atoms with Crippen LogP contribution in [0, 0.1) is 17.3 Å². The zero-order valence-electron chi connectivity index (χ0n) is 38.9. The number of fused-ring (bicyclic) bond motifs is 9. The first-order valence-corrected chi connectivity index (χ1v) is 24.2. The van der Waals surface area contributed by atoms with Gasteiger partial charge in [-0.3, -0.25) is 0 Å². The third-order valence-corrected chi connectivity index (χ3v) is 15.6. The van der Waals surface area contributed by atoms with E-state index in [1.54, 1.807) is 5.57 Å². The Labute approximate surface area is 389 Å². The van der Waals surface area contributed by atoms with Gasteiger partial charge >= 0.3 is 0 Å². The lowest BCUT2D eigenvalue weighted by Crippen LogP contribution is -2.18. The van der Waals surface area contributed by atoms with Crippen molar-refractivity contribution in [2.45, 2.75) is 59.8 Å². The highest BCUT2D eigenvalue weighted by Crippen LogP contribution is 2.68. The fraction of sp³-hybridized carbons (Fsp3) is 0.182. The molecule has 0 fully saturated rings. The second-order valence-corrected chi connectivity index (χ2v) is 21.3. The van der Waals surface area contributed by atoms with Crippen molar-refractivity contribution in [2.75, 3.05) is 0 Å². The first-order chi connectivity index (χ1) is 32.1. The number of benzene rings is 8. The van der Waals surface area contributed by atoms with E-state index in [-0.39, 0.29) is 22.7 Å². The summed E-state index contributed by atoms with van der Waals surface area (Å²) in [5, 5.41) is 7.88. The van der Waals surface area contributed by atoms with Crippen molar-refractivity contribution >= 4 is 60.2 Å². The van der Waals surface area contributed by atoms with Gasteiger partial charge in [-0.05, 0) is 163 Å². The van der Waals surface area contributed by atoms with Crippen LogP contribution in [0.15, 0.2) is 188 Å². The topological polar surface area (TPSA) is 0 Å². The van der Waals surface area contributed by atoms with E-state index in [1.165, 1.54) is 127 Å². The van der Waals surface area contributed by atoms with E-state index in [1.807, 2.05) is 0 Å². The number of rotatable bonds is 4. The van der Waals surface area contributed by atoms with Crippen molar-refractivity contribution in [3.63, 3.8) is 0 Å². The lowest BCUT2D eigenvalue weighted by molar-refractivity contribution is 0.484. The summed E-state index contributed by atoms with van der Waals surface area (Å²) >= 11 is 0. The van der Waals surface area contributed by atoms with Crippen LogP contribution in [0.1, 0.15) is 87.8 Å². The lowest BCUT2D eigenvalue weighted by atomic mass is 9.71. The van der Waals surface area contributed by atoms with Gasteiger partial charge in [-0.25, -0.2) is 0 Å². The molecule has 0 saturated carbocycles. The summed E-state index contributed by atoms with van der Waals surface area (Å²) in [4.78, 5) is 0. The Morgan fingerprint density at radius 3 is 1.38 bits per heavy atom. The van der Waals surface area contributed by atoms with E-state index >= 15 is 0 Å². The Bertz CT molecular complexity index is 3620. The Kier molecular flexibility index (Phi) is 8.49. The van der Waals surface area contributed by atoms with Crippen LogP contribution in [0.25, 0.3) is 93.6 Å². The summed E-state index contributed by atoms with van der Waals surface area (Å²) in [5.41, 5.74) is 25.2. The highest BCUT2D eigenvalue weighted by molar-refractivity contribution is 6.24. The number of hydrogen-bond donors (Lipinski definition) is 0. The first-order valence-electron chi connectivity index (χ1n) is 24.2. The largest absolute Gasteiger partial charge is 0.0836 e. The van der Waals surface area contributed by atoms with Gasteiger partial charge < -0.3 is 0 Å². The van der Waals surface area contributed by atoms with Crippen molar-refractivity contribution in [3.05, 3.63) is 221 Å². The number of hydrogen-bond acceptors (Lipinski definition) is 0. The molecule has 0 spiro atoms. The van der Waals surface area contributed by atoms with Crippen LogP contribution < -0.4 is 0 Å². The predicted molar refractivity (Wildman–Crippen MR) is 284 cm³/mol. The van der Waals surface area contributed by atoms with Gasteiger partial charge in [0.2, 0.25) is 0 Å². The molecule has 13 rings (SSSR count). The predicted octanol–water partition coefficient (Wildman–Crippen LogP) is 18.1. The second kappa shape index (κ2) is 14.2. The highest BCUT2D eigenvalue weighted by atomic mass is 14.5. The molecule has 66 heavy (non-hydrogen) atoms. The zero-order valence-corrected chi connectivity index (χ0v) is 38.9. The van der Waals surface area contributed by atoms with Crippen LogP contribution in [-0.2, 0) is 5.41 Å². The molecule has 2 unspecified atom stereocenters. The molecule has 0 bridgehead atoms. The minimum atomic E-state index is -0.0639. The second-order valence-electron chi connectivity index (χ2n) is 21.3. The molecule has 0 aliphatic heterocycles. The molecule has 5 aliphatic carbocycles. The van der Waals surface area contributed by atoms with Crippen LogP contribution in [0.3, 0.4) is 0 Å². The molecule has 8 aromatic carbocycles. The van der Waals surface area contributed by atoms with Gasteiger partial charge in [-0.15, -0.1) is 0 Å². The van der Waals surface area contributed by atoms with Crippen LogP contribution in [0.4, 0.5) is 0 Å². The standard InChI is InChI=1S/C66H54/c1-65(2,3)53-31-19-17-29-45(53)57-44-28-16-15-27-43(44)55(39-21-9-7-10-22-39)61-47-33-36-50-60-48(34-35-49(59(47)60)63(57)61)62-56(40-23-11-8-12-24-40)51-37-41-25-13-14-26-42(41)38-52(51)58(64(50)62)46-30-18-20-32-54(46)66(4,5)6/h7-18,20-30,32-38,59-60H,19,31H2,1-6H3. The van der Waals surface area contributed by atoms with Crippen LogP contribution in [0.2, 0.25) is 0 Å². The maximum atomic E-state index is 2.56.